The van der Waals surface area contributed by atoms with Crippen molar-refractivity contribution in [2.24, 2.45) is 5.73 Å². The van der Waals surface area contributed by atoms with Crippen LogP contribution in [-0.4, -0.2) is 28.2 Å². The summed E-state index contributed by atoms with van der Waals surface area (Å²) in [6, 6.07) is -1.13. The predicted octanol–water partition coefficient (Wildman–Crippen LogP) is -0.490. The number of rotatable bonds is 3. The summed E-state index contributed by atoms with van der Waals surface area (Å²) in [6.45, 7) is 6.00. The van der Waals surface area contributed by atoms with Crippen LogP contribution in [0.25, 0.3) is 0 Å². The van der Waals surface area contributed by atoms with Crippen molar-refractivity contribution in [3.63, 3.8) is 0 Å². The Labute approximate surface area is 79.5 Å². The highest BCUT2D eigenvalue weighted by Crippen LogP contribution is 1.88. The lowest BCUT2D eigenvalue weighted by molar-refractivity contribution is -0.135. The molecule has 0 aromatic carbocycles. The van der Waals surface area contributed by atoms with Gasteiger partial charge < -0.3 is 21.3 Å². The maximum absolute atomic E-state index is 10.2. The standard InChI is InChI=1S/C5H6N2O5.C2H4/c6-5(12)7-2(4(10)11)1-3(8)9;1-2/h1H,(H,8,9)(H,10,11)(H3,6,7,12);1-2H2/b2-1+;. The number of hydrogen-bond donors (Lipinski definition) is 4. The second-order valence-corrected chi connectivity index (χ2v) is 1.69. The Balaban J connectivity index is 0. The molecule has 0 aliphatic heterocycles. The number of nitrogens with one attached hydrogen (secondary N) is 1. The Morgan fingerprint density at radius 1 is 1.21 bits per heavy atom. The van der Waals surface area contributed by atoms with Crippen LogP contribution in [0.5, 0.6) is 0 Å². The highest BCUT2D eigenvalue weighted by atomic mass is 16.4. The lowest BCUT2D eigenvalue weighted by atomic mass is 10.4. The largest absolute Gasteiger partial charge is 0.478 e. The second-order valence-electron chi connectivity index (χ2n) is 1.69. The minimum Gasteiger partial charge on any atom is -0.478 e. The average molecular weight is 202 g/mol. The van der Waals surface area contributed by atoms with Crippen LogP contribution < -0.4 is 11.1 Å². The van der Waals surface area contributed by atoms with Crippen molar-refractivity contribution in [3.8, 4) is 0 Å². The first-order chi connectivity index (χ1) is 6.43. The number of amides is 2. The predicted molar refractivity (Wildman–Crippen MR) is 47.3 cm³/mol. The summed E-state index contributed by atoms with van der Waals surface area (Å²) in [5.74, 6) is -3.06. The summed E-state index contributed by atoms with van der Waals surface area (Å²) >= 11 is 0. The van der Waals surface area contributed by atoms with Crippen molar-refractivity contribution in [2.45, 2.75) is 0 Å². The lowest BCUT2D eigenvalue weighted by Crippen LogP contribution is -2.32. The highest BCUT2D eigenvalue weighted by Gasteiger charge is 2.10. The van der Waals surface area contributed by atoms with Gasteiger partial charge in [-0.15, -0.1) is 13.2 Å². The van der Waals surface area contributed by atoms with Gasteiger partial charge in [-0.25, -0.2) is 14.4 Å². The van der Waals surface area contributed by atoms with Crippen LogP contribution in [0.2, 0.25) is 0 Å². The maximum Gasteiger partial charge on any atom is 0.352 e. The van der Waals surface area contributed by atoms with Gasteiger partial charge in [-0.1, -0.05) is 0 Å². The number of carbonyl (C=O) groups is 3. The van der Waals surface area contributed by atoms with E-state index < -0.39 is 23.7 Å². The number of primary amides is 1. The van der Waals surface area contributed by atoms with Gasteiger partial charge >= 0.3 is 18.0 Å². The Kier molecular flexibility index (Phi) is 7.46. The van der Waals surface area contributed by atoms with E-state index in [1.54, 1.807) is 5.32 Å². The molecule has 0 saturated heterocycles. The Bertz CT molecular complexity index is 271. The van der Waals surface area contributed by atoms with Crippen LogP contribution in [0.15, 0.2) is 24.9 Å². The third kappa shape index (κ3) is 7.79. The van der Waals surface area contributed by atoms with Gasteiger partial charge in [0.05, 0.1) is 6.08 Å². The molecule has 0 atom stereocenters. The fraction of sp³-hybridized carbons (Fsp3) is 0. The van der Waals surface area contributed by atoms with Crippen LogP contribution in [-0.2, 0) is 9.59 Å². The zero-order chi connectivity index (χ0) is 11.7. The maximum atomic E-state index is 10.2. The third-order valence-corrected chi connectivity index (χ3v) is 0.756. The quantitative estimate of drug-likeness (QED) is 0.362. The second kappa shape index (κ2) is 7.35. The molecule has 0 aromatic rings. The minimum atomic E-state index is -1.57. The van der Waals surface area contributed by atoms with Crippen molar-refractivity contribution >= 4 is 18.0 Å². The molecule has 0 saturated carbocycles. The molecule has 7 nitrogen and oxygen atoms in total. The van der Waals surface area contributed by atoms with E-state index in [9.17, 15) is 14.4 Å². The van der Waals surface area contributed by atoms with E-state index in [0.29, 0.717) is 6.08 Å². The van der Waals surface area contributed by atoms with Gasteiger partial charge in [0.15, 0.2) is 0 Å². The molecule has 5 N–H and O–H groups in total. The monoisotopic (exact) mass is 202 g/mol. The molecule has 78 valence electrons. The van der Waals surface area contributed by atoms with Gasteiger partial charge in [0.25, 0.3) is 0 Å². The van der Waals surface area contributed by atoms with E-state index in [-0.39, 0.29) is 0 Å². The molecule has 0 spiro atoms. The Morgan fingerprint density at radius 3 is 1.86 bits per heavy atom. The van der Waals surface area contributed by atoms with Gasteiger partial charge in [0, 0.05) is 0 Å². The Morgan fingerprint density at radius 2 is 1.64 bits per heavy atom. The fourth-order valence-electron chi connectivity index (χ4n) is 0.407. The van der Waals surface area contributed by atoms with Gasteiger partial charge in [0.1, 0.15) is 5.70 Å². The number of carboxylic acids is 2. The molecule has 0 rings (SSSR count). The van der Waals surface area contributed by atoms with Crippen molar-refractivity contribution in [1.82, 2.24) is 5.32 Å². The van der Waals surface area contributed by atoms with Crippen LogP contribution in [0.4, 0.5) is 4.79 Å². The number of aliphatic carboxylic acids is 2. The highest BCUT2D eigenvalue weighted by molar-refractivity contribution is 5.97. The van der Waals surface area contributed by atoms with E-state index in [1.165, 1.54) is 0 Å². The van der Waals surface area contributed by atoms with Crippen molar-refractivity contribution in [2.75, 3.05) is 0 Å². The number of nitrogens with two attached hydrogens (primary N) is 1. The molecule has 7 heteroatoms. The first-order valence-electron chi connectivity index (χ1n) is 3.18. The molecule has 2 amide bonds. The lowest BCUT2D eigenvalue weighted by Gasteiger charge is -1.99. The Hall–Kier alpha value is -2.31. The fourth-order valence-corrected chi connectivity index (χ4v) is 0.407. The average Bonchev–Trinajstić information content (AvgIpc) is 2.05. The van der Waals surface area contributed by atoms with E-state index in [4.69, 9.17) is 10.2 Å². The van der Waals surface area contributed by atoms with Crippen molar-refractivity contribution in [3.05, 3.63) is 24.9 Å². The number of carboxylic acid groups (broad SMARTS) is 2. The van der Waals surface area contributed by atoms with Gasteiger partial charge in [0.2, 0.25) is 0 Å². The molecule has 0 radical (unpaired) electrons. The summed E-state index contributed by atoms with van der Waals surface area (Å²) in [4.78, 5) is 30.2. The summed E-state index contributed by atoms with van der Waals surface area (Å²) < 4.78 is 0. The smallest absolute Gasteiger partial charge is 0.352 e. The molecule has 0 heterocycles. The molecule has 0 fully saturated rings. The van der Waals surface area contributed by atoms with Crippen LogP contribution >= 0.6 is 0 Å². The number of hydrogen-bond acceptors (Lipinski definition) is 3. The van der Waals surface area contributed by atoms with E-state index >= 15 is 0 Å². The molecular formula is C7H10N2O5. The van der Waals surface area contributed by atoms with Gasteiger partial charge in [-0.2, -0.15) is 0 Å². The van der Waals surface area contributed by atoms with E-state index in [0.717, 1.165) is 0 Å². The molecule has 0 bridgehead atoms. The zero-order valence-corrected chi connectivity index (χ0v) is 7.19. The topological polar surface area (TPSA) is 130 Å². The minimum absolute atomic E-state index is 0.326. The van der Waals surface area contributed by atoms with Crippen LogP contribution in [0, 0.1) is 0 Å². The summed E-state index contributed by atoms with van der Waals surface area (Å²) in [5.41, 5.74) is 3.78. The third-order valence-electron chi connectivity index (χ3n) is 0.756. The van der Waals surface area contributed by atoms with Crippen LogP contribution in [0.3, 0.4) is 0 Å². The van der Waals surface area contributed by atoms with E-state index in [2.05, 4.69) is 18.9 Å². The summed E-state index contributed by atoms with van der Waals surface area (Å²) in [5, 5.41) is 18.0. The number of urea groups is 1. The first kappa shape index (κ1) is 14.2. The molecule has 0 unspecified atom stereocenters. The first-order valence-corrected chi connectivity index (χ1v) is 3.18. The zero-order valence-electron chi connectivity index (χ0n) is 7.19. The molecule has 0 aromatic heterocycles. The SMILES string of the molecule is C=C.NC(=O)N/C(=C/C(=O)O)C(=O)O. The van der Waals surface area contributed by atoms with Gasteiger partial charge in [-0.05, 0) is 0 Å². The van der Waals surface area contributed by atoms with Crippen molar-refractivity contribution in [1.29, 1.82) is 0 Å². The molecule has 0 aliphatic rings. The summed E-state index contributed by atoms with van der Waals surface area (Å²) in [6.07, 6.45) is 0.326. The normalized spacial score (nSPS) is 9.29. The van der Waals surface area contributed by atoms with Gasteiger partial charge in [-0.3, -0.25) is 0 Å². The number of carbonyl (C=O) groups excluding carboxylic acids is 1. The van der Waals surface area contributed by atoms with Crippen molar-refractivity contribution < 1.29 is 24.6 Å². The van der Waals surface area contributed by atoms with E-state index in [1.807, 2.05) is 0 Å². The molecule has 14 heavy (non-hydrogen) atoms. The summed E-state index contributed by atoms with van der Waals surface area (Å²) in [7, 11) is 0. The molecule has 0 aliphatic carbocycles. The molecular weight excluding hydrogens is 192 g/mol. The van der Waals surface area contributed by atoms with Crippen LogP contribution in [0.1, 0.15) is 0 Å².